The van der Waals surface area contributed by atoms with Gasteiger partial charge in [-0.25, -0.2) is 9.97 Å². The number of nitrogens with zero attached hydrogens (tertiary/aromatic N) is 6. The summed E-state index contributed by atoms with van der Waals surface area (Å²) in [6.45, 7) is 7.40. The topological polar surface area (TPSA) is 99.8 Å². The third kappa shape index (κ3) is 4.16. The molecule has 9 heteroatoms. The van der Waals surface area contributed by atoms with E-state index in [9.17, 15) is 4.79 Å². The molecule has 0 unspecified atom stereocenters. The van der Waals surface area contributed by atoms with E-state index in [0.29, 0.717) is 40.2 Å². The fourth-order valence-electron chi connectivity index (χ4n) is 3.34. The van der Waals surface area contributed by atoms with Crippen molar-refractivity contribution in [2.75, 3.05) is 5.32 Å². The van der Waals surface area contributed by atoms with Crippen LogP contribution in [-0.2, 0) is 7.05 Å². The van der Waals surface area contributed by atoms with Crippen LogP contribution in [0, 0.1) is 27.7 Å². The second-order valence-corrected chi connectivity index (χ2v) is 7.21. The number of nitrogens with one attached hydrogen (secondary N) is 1. The number of amides is 1. The third-order valence-electron chi connectivity index (χ3n) is 4.94. The second kappa shape index (κ2) is 8.02. The Kier molecular flexibility index (Phi) is 5.24. The van der Waals surface area contributed by atoms with Crippen LogP contribution < -0.4 is 10.1 Å². The van der Waals surface area contributed by atoms with Gasteiger partial charge in [-0.1, -0.05) is 0 Å². The Morgan fingerprint density at radius 3 is 2.42 bits per heavy atom. The van der Waals surface area contributed by atoms with Crippen LogP contribution in [0.1, 0.15) is 33.4 Å². The van der Waals surface area contributed by atoms with Gasteiger partial charge in [0, 0.05) is 36.9 Å². The van der Waals surface area contributed by atoms with Crippen molar-refractivity contribution in [3.8, 4) is 17.4 Å². The summed E-state index contributed by atoms with van der Waals surface area (Å²) >= 11 is 0. The van der Waals surface area contributed by atoms with Crippen LogP contribution >= 0.6 is 0 Å². The lowest BCUT2D eigenvalue weighted by molar-refractivity contribution is 0.102. The van der Waals surface area contributed by atoms with E-state index >= 15 is 0 Å². The zero-order chi connectivity index (χ0) is 22.1. The van der Waals surface area contributed by atoms with Crippen LogP contribution in [0.3, 0.4) is 0 Å². The molecule has 0 aliphatic rings. The highest BCUT2D eigenvalue weighted by molar-refractivity contribution is 6.05. The molecule has 3 aromatic heterocycles. The van der Waals surface area contributed by atoms with E-state index < -0.39 is 0 Å². The molecular formula is C22H23N7O2. The summed E-state index contributed by atoms with van der Waals surface area (Å²) in [6, 6.07) is 8.87. The van der Waals surface area contributed by atoms with Crippen molar-refractivity contribution in [2.24, 2.45) is 7.05 Å². The number of anilines is 1. The number of carbonyl (C=O) groups excluding carboxylic acids is 1. The largest absolute Gasteiger partial charge is 0.439 e. The first-order valence-electron chi connectivity index (χ1n) is 9.77. The zero-order valence-electron chi connectivity index (χ0n) is 18.0. The van der Waals surface area contributed by atoms with Crippen molar-refractivity contribution in [2.45, 2.75) is 27.7 Å². The molecule has 1 aromatic carbocycles. The Balaban J connectivity index is 1.50. The molecule has 0 atom stereocenters. The van der Waals surface area contributed by atoms with Crippen molar-refractivity contribution in [1.29, 1.82) is 0 Å². The Labute approximate surface area is 179 Å². The normalized spacial score (nSPS) is 10.9. The van der Waals surface area contributed by atoms with Crippen LogP contribution in [0.4, 0.5) is 5.69 Å². The predicted octanol–water partition coefficient (Wildman–Crippen LogP) is 3.67. The highest BCUT2D eigenvalue weighted by atomic mass is 16.5. The van der Waals surface area contributed by atoms with Crippen molar-refractivity contribution in [3.63, 3.8) is 0 Å². The van der Waals surface area contributed by atoms with Gasteiger partial charge in [0.2, 0.25) is 5.88 Å². The van der Waals surface area contributed by atoms with Gasteiger partial charge in [-0.15, -0.1) is 0 Å². The van der Waals surface area contributed by atoms with Gasteiger partial charge in [0.05, 0.1) is 11.3 Å². The number of imidazole rings is 1. The van der Waals surface area contributed by atoms with Gasteiger partial charge in [-0.05, 0) is 52.0 Å². The van der Waals surface area contributed by atoms with E-state index in [1.165, 1.54) is 0 Å². The number of rotatable bonds is 5. The van der Waals surface area contributed by atoms with Gasteiger partial charge in [-0.3, -0.25) is 14.0 Å². The molecule has 3 heterocycles. The summed E-state index contributed by atoms with van der Waals surface area (Å²) in [5.41, 5.74) is 2.76. The molecular weight excluding hydrogens is 394 g/mol. The monoisotopic (exact) mass is 417 g/mol. The lowest BCUT2D eigenvalue weighted by atomic mass is 10.2. The zero-order valence-corrected chi connectivity index (χ0v) is 18.0. The maximum absolute atomic E-state index is 12.6. The van der Waals surface area contributed by atoms with Gasteiger partial charge < -0.3 is 10.1 Å². The van der Waals surface area contributed by atoms with Gasteiger partial charge in [-0.2, -0.15) is 10.1 Å². The van der Waals surface area contributed by atoms with Crippen molar-refractivity contribution >= 4 is 11.6 Å². The molecule has 9 nitrogen and oxygen atoms in total. The van der Waals surface area contributed by atoms with E-state index in [4.69, 9.17) is 4.74 Å². The summed E-state index contributed by atoms with van der Waals surface area (Å²) in [5.74, 6) is 2.93. The Hall–Kier alpha value is -4.01. The maximum atomic E-state index is 12.6. The number of hydrogen-bond donors (Lipinski definition) is 1. The SMILES string of the molecule is Cc1nc(Oc2ccc(NC(=O)c3c(C)nn(C)c3C)cc2)cc(-n2ccnc2C)n1. The number of benzene rings is 1. The van der Waals surface area contributed by atoms with Crippen LogP contribution in [0.25, 0.3) is 5.82 Å². The molecule has 0 saturated carbocycles. The molecule has 1 amide bonds. The highest BCUT2D eigenvalue weighted by Crippen LogP contribution is 2.24. The van der Waals surface area contributed by atoms with E-state index in [0.717, 1.165) is 11.5 Å². The van der Waals surface area contributed by atoms with Gasteiger partial charge in [0.1, 0.15) is 23.2 Å². The molecule has 1 N–H and O–H groups in total. The first-order chi connectivity index (χ1) is 14.8. The fraction of sp³-hybridized carbons (Fsp3) is 0.227. The van der Waals surface area contributed by atoms with E-state index in [1.807, 2.05) is 45.5 Å². The Morgan fingerprint density at radius 2 is 1.81 bits per heavy atom. The highest BCUT2D eigenvalue weighted by Gasteiger charge is 2.17. The summed E-state index contributed by atoms with van der Waals surface area (Å²) in [4.78, 5) is 25.7. The summed E-state index contributed by atoms with van der Waals surface area (Å²) in [6.07, 6.45) is 3.55. The average molecular weight is 417 g/mol. The Bertz CT molecular complexity index is 1260. The van der Waals surface area contributed by atoms with Gasteiger partial charge in [0.15, 0.2) is 0 Å². The third-order valence-corrected chi connectivity index (χ3v) is 4.94. The maximum Gasteiger partial charge on any atom is 0.259 e. The molecule has 0 aliphatic heterocycles. The van der Waals surface area contributed by atoms with Crippen molar-refractivity contribution < 1.29 is 9.53 Å². The Morgan fingerprint density at radius 1 is 1.06 bits per heavy atom. The lowest BCUT2D eigenvalue weighted by Gasteiger charge is -2.10. The molecule has 0 spiro atoms. The smallest absolute Gasteiger partial charge is 0.259 e. The van der Waals surface area contributed by atoms with E-state index in [2.05, 4.69) is 25.4 Å². The molecule has 4 aromatic rings. The van der Waals surface area contributed by atoms with Crippen LogP contribution in [0.2, 0.25) is 0 Å². The quantitative estimate of drug-likeness (QED) is 0.532. The average Bonchev–Trinajstić information content (AvgIpc) is 3.25. The summed E-state index contributed by atoms with van der Waals surface area (Å²) in [7, 11) is 1.82. The molecule has 4 rings (SSSR count). The number of carbonyl (C=O) groups is 1. The summed E-state index contributed by atoms with van der Waals surface area (Å²) < 4.78 is 9.48. The summed E-state index contributed by atoms with van der Waals surface area (Å²) in [5, 5.41) is 7.19. The number of hydrogen-bond acceptors (Lipinski definition) is 6. The standard InChI is InChI=1S/C22H23N7O2/c1-13-21(14(2)28(5)27-13)22(30)26-17-6-8-18(9-7-17)31-20-12-19(24-15(3)25-20)29-11-10-23-16(29)4/h6-12H,1-5H3,(H,26,30). The molecule has 31 heavy (non-hydrogen) atoms. The first-order valence-corrected chi connectivity index (χ1v) is 9.77. The number of aryl methyl sites for hydroxylation is 4. The fourth-order valence-corrected chi connectivity index (χ4v) is 3.34. The first kappa shape index (κ1) is 20.3. The molecule has 0 aliphatic carbocycles. The molecule has 0 radical (unpaired) electrons. The van der Waals surface area contributed by atoms with Crippen LogP contribution in [0.15, 0.2) is 42.7 Å². The van der Waals surface area contributed by atoms with Crippen LogP contribution in [-0.4, -0.2) is 35.2 Å². The van der Waals surface area contributed by atoms with Crippen molar-refractivity contribution in [3.05, 3.63) is 71.3 Å². The lowest BCUT2D eigenvalue weighted by Crippen LogP contribution is -2.14. The van der Waals surface area contributed by atoms with Crippen molar-refractivity contribution in [1.82, 2.24) is 29.3 Å². The second-order valence-electron chi connectivity index (χ2n) is 7.21. The number of ether oxygens (including phenoxy) is 1. The molecule has 158 valence electrons. The van der Waals surface area contributed by atoms with Gasteiger partial charge >= 0.3 is 0 Å². The predicted molar refractivity (Wildman–Crippen MR) is 116 cm³/mol. The molecule has 0 fully saturated rings. The van der Waals surface area contributed by atoms with Crippen LogP contribution in [0.5, 0.6) is 11.6 Å². The van der Waals surface area contributed by atoms with Gasteiger partial charge in [0.25, 0.3) is 5.91 Å². The van der Waals surface area contributed by atoms with E-state index in [-0.39, 0.29) is 5.91 Å². The minimum absolute atomic E-state index is 0.191. The minimum atomic E-state index is -0.191. The molecule has 0 bridgehead atoms. The minimum Gasteiger partial charge on any atom is -0.439 e. The van der Waals surface area contributed by atoms with E-state index in [1.54, 1.807) is 41.2 Å². The molecule has 0 saturated heterocycles. The number of aromatic nitrogens is 6.